The van der Waals surface area contributed by atoms with Crippen molar-refractivity contribution in [2.24, 2.45) is 0 Å². The number of anilines is 3. The average molecular weight is 654 g/mol. The summed E-state index contributed by atoms with van der Waals surface area (Å²) in [6, 6.07) is 66.3. The Morgan fingerprint density at radius 1 is 0.471 bits per heavy atom. The molecule has 0 aliphatic heterocycles. The van der Waals surface area contributed by atoms with Crippen LogP contribution in [0.3, 0.4) is 0 Å². The van der Waals surface area contributed by atoms with Gasteiger partial charge >= 0.3 is 0 Å². The summed E-state index contributed by atoms with van der Waals surface area (Å²) in [6.45, 7) is 0. The predicted octanol–water partition coefficient (Wildman–Crippen LogP) is 12.9. The maximum atomic E-state index is 6.42. The summed E-state index contributed by atoms with van der Waals surface area (Å²) in [4.78, 5) is 7.25. The second kappa shape index (κ2) is 11.9. The van der Waals surface area contributed by atoms with Gasteiger partial charge < -0.3 is 13.9 Å². The molecule has 0 atom stereocenters. The molecule has 4 nitrogen and oxygen atoms in total. The lowest BCUT2D eigenvalue weighted by Crippen LogP contribution is -2.11. The van der Waals surface area contributed by atoms with E-state index in [0.717, 1.165) is 66.8 Å². The Kier molecular flexibility index (Phi) is 6.78. The summed E-state index contributed by atoms with van der Waals surface area (Å²) < 4.78 is 8.79. The van der Waals surface area contributed by atoms with Crippen molar-refractivity contribution in [2.45, 2.75) is 0 Å². The van der Waals surface area contributed by atoms with E-state index in [1.54, 1.807) is 0 Å². The normalized spacial score (nSPS) is 11.5. The molecule has 0 bridgehead atoms. The Morgan fingerprint density at radius 2 is 1.14 bits per heavy atom. The number of rotatable bonds is 6. The van der Waals surface area contributed by atoms with Crippen LogP contribution in [0.1, 0.15) is 0 Å². The molecule has 0 radical (unpaired) electrons. The van der Waals surface area contributed by atoms with Gasteiger partial charge in [0.05, 0.1) is 16.7 Å². The van der Waals surface area contributed by atoms with E-state index in [4.69, 9.17) is 9.40 Å². The molecule has 0 unspecified atom stereocenters. The van der Waals surface area contributed by atoms with Crippen LogP contribution in [0.15, 0.2) is 192 Å². The molecule has 8 aromatic carbocycles. The van der Waals surface area contributed by atoms with E-state index < -0.39 is 0 Å². The largest absolute Gasteiger partial charge is 0.435 e. The molecule has 0 aliphatic rings. The minimum absolute atomic E-state index is 0.609. The fourth-order valence-electron chi connectivity index (χ4n) is 7.44. The Hall–Kier alpha value is -6.91. The van der Waals surface area contributed by atoms with Crippen LogP contribution >= 0.6 is 0 Å². The molecule has 0 saturated carbocycles. The molecule has 0 N–H and O–H groups in total. The summed E-state index contributed by atoms with van der Waals surface area (Å²) in [5, 5.41) is 4.65. The van der Waals surface area contributed by atoms with Crippen LogP contribution in [0, 0.1) is 0 Å². The minimum Gasteiger partial charge on any atom is -0.435 e. The van der Waals surface area contributed by atoms with Gasteiger partial charge in [0.2, 0.25) is 5.89 Å². The second-order valence-electron chi connectivity index (χ2n) is 12.8. The number of nitrogens with zero attached hydrogens (tertiary/aromatic N) is 3. The van der Waals surface area contributed by atoms with Crippen molar-refractivity contribution in [3.63, 3.8) is 0 Å². The SMILES string of the molecule is c1ccc(-c2ccccc2N(c2ccc(-c3nc4ccc5ccccc5c4o3)cc2)c2ccc3c4ccccc4n(-c4ccccc4)c3c2)cc1. The van der Waals surface area contributed by atoms with E-state index in [-0.39, 0.29) is 0 Å². The molecule has 10 rings (SSSR count). The lowest BCUT2D eigenvalue weighted by Gasteiger charge is -2.28. The molecular weight excluding hydrogens is 623 g/mol. The minimum atomic E-state index is 0.609. The lowest BCUT2D eigenvalue weighted by molar-refractivity contribution is 0.623. The van der Waals surface area contributed by atoms with Crippen molar-refractivity contribution in [3.8, 4) is 28.3 Å². The maximum Gasteiger partial charge on any atom is 0.227 e. The van der Waals surface area contributed by atoms with Crippen molar-refractivity contribution in [2.75, 3.05) is 4.90 Å². The fraction of sp³-hybridized carbons (Fsp3) is 0. The molecule has 0 amide bonds. The number of hydrogen-bond donors (Lipinski definition) is 0. The van der Waals surface area contributed by atoms with Crippen LogP contribution in [-0.4, -0.2) is 9.55 Å². The Morgan fingerprint density at radius 3 is 1.98 bits per heavy atom. The molecular formula is C47H31N3O. The van der Waals surface area contributed by atoms with Gasteiger partial charge in [-0.2, -0.15) is 0 Å². The number of fused-ring (bicyclic) bond motifs is 6. The summed E-state index contributed by atoms with van der Waals surface area (Å²) in [6.07, 6.45) is 0. The van der Waals surface area contributed by atoms with Gasteiger partial charge in [-0.05, 0) is 77.7 Å². The zero-order valence-electron chi connectivity index (χ0n) is 27.6. The third kappa shape index (κ3) is 4.88. The number of para-hydroxylation sites is 3. The molecule has 10 aromatic rings. The van der Waals surface area contributed by atoms with Crippen LogP contribution in [0.25, 0.3) is 71.9 Å². The topological polar surface area (TPSA) is 34.2 Å². The van der Waals surface area contributed by atoms with Crippen LogP contribution < -0.4 is 4.90 Å². The van der Waals surface area contributed by atoms with Gasteiger partial charge in [-0.15, -0.1) is 0 Å². The smallest absolute Gasteiger partial charge is 0.227 e. The first-order chi connectivity index (χ1) is 25.3. The average Bonchev–Trinajstić information content (AvgIpc) is 3.79. The van der Waals surface area contributed by atoms with E-state index in [0.29, 0.717) is 5.89 Å². The molecule has 4 heteroatoms. The third-order valence-corrected chi connectivity index (χ3v) is 9.81. The first kappa shape index (κ1) is 29.0. The number of oxazole rings is 1. The number of benzene rings is 8. The van der Waals surface area contributed by atoms with Gasteiger partial charge in [-0.25, -0.2) is 4.98 Å². The van der Waals surface area contributed by atoms with Crippen LogP contribution in [-0.2, 0) is 0 Å². The zero-order chi connectivity index (χ0) is 33.7. The van der Waals surface area contributed by atoms with Gasteiger partial charge in [0.15, 0.2) is 5.58 Å². The van der Waals surface area contributed by atoms with Crippen molar-refractivity contribution in [1.29, 1.82) is 0 Å². The van der Waals surface area contributed by atoms with Crippen molar-refractivity contribution in [3.05, 3.63) is 188 Å². The van der Waals surface area contributed by atoms with Crippen molar-refractivity contribution < 1.29 is 4.42 Å². The lowest BCUT2D eigenvalue weighted by atomic mass is 10.0. The van der Waals surface area contributed by atoms with Crippen LogP contribution in [0.2, 0.25) is 0 Å². The summed E-state index contributed by atoms with van der Waals surface area (Å²) in [7, 11) is 0. The van der Waals surface area contributed by atoms with Gasteiger partial charge in [-0.1, -0.05) is 121 Å². The molecule has 0 aliphatic carbocycles. The highest BCUT2D eigenvalue weighted by molar-refractivity contribution is 6.10. The summed E-state index contributed by atoms with van der Waals surface area (Å²) in [5.41, 5.74) is 11.6. The highest BCUT2D eigenvalue weighted by Gasteiger charge is 2.20. The molecule has 51 heavy (non-hydrogen) atoms. The highest BCUT2D eigenvalue weighted by atomic mass is 16.3. The molecule has 0 spiro atoms. The van der Waals surface area contributed by atoms with Crippen LogP contribution in [0.5, 0.6) is 0 Å². The molecule has 2 aromatic heterocycles. The predicted molar refractivity (Wildman–Crippen MR) is 211 cm³/mol. The van der Waals surface area contributed by atoms with Gasteiger partial charge in [-0.3, -0.25) is 0 Å². The third-order valence-electron chi connectivity index (χ3n) is 9.81. The van der Waals surface area contributed by atoms with E-state index in [9.17, 15) is 0 Å². The molecule has 0 saturated heterocycles. The molecule has 0 fully saturated rings. The highest BCUT2D eigenvalue weighted by Crippen LogP contribution is 2.43. The second-order valence-corrected chi connectivity index (χ2v) is 12.8. The standard InChI is InChI=1S/C47H31N3O/c1-3-13-32(14-4-1)38-18-9-11-21-43(38)49(36-26-23-34(24-27-36)47-48-42-30-25-33-15-7-8-19-39(33)46(42)51-47)37-28-29-41-40-20-10-12-22-44(40)50(45(41)31-37)35-16-5-2-6-17-35/h1-31H. The Labute approximate surface area is 295 Å². The first-order valence-corrected chi connectivity index (χ1v) is 17.2. The Balaban J connectivity index is 1.16. The molecule has 240 valence electrons. The van der Waals surface area contributed by atoms with Gasteiger partial charge in [0.25, 0.3) is 0 Å². The van der Waals surface area contributed by atoms with Crippen molar-refractivity contribution in [1.82, 2.24) is 9.55 Å². The fourth-order valence-corrected chi connectivity index (χ4v) is 7.44. The summed E-state index contributed by atoms with van der Waals surface area (Å²) >= 11 is 0. The monoisotopic (exact) mass is 653 g/mol. The van der Waals surface area contributed by atoms with Gasteiger partial charge in [0.1, 0.15) is 5.52 Å². The van der Waals surface area contributed by atoms with Gasteiger partial charge in [0, 0.05) is 44.3 Å². The maximum absolute atomic E-state index is 6.42. The molecule has 2 heterocycles. The summed E-state index contributed by atoms with van der Waals surface area (Å²) in [5.74, 6) is 0.609. The van der Waals surface area contributed by atoms with E-state index in [1.807, 2.05) is 18.2 Å². The first-order valence-electron chi connectivity index (χ1n) is 17.2. The van der Waals surface area contributed by atoms with E-state index >= 15 is 0 Å². The number of aromatic nitrogens is 2. The van der Waals surface area contributed by atoms with E-state index in [1.165, 1.54) is 16.3 Å². The quantitative estimate of drug-likeness (QED) is 0.179. The Bertz CT molecular complexity index is 2850. The van der Waals surface area contributed by atoms with E-state index in [2.05, 4.69) is 179 Å². The number of hydrogen-bond acceptors (Lipinski definition) is 3. The van der Waals surface area contributed by atoms with Crippen LogP contribution in [0.4, 0.5) is 17.1 Å². The zero-order valence-corrected chi connectivity index (χ0v) is 27.6. The van der Waals surface area contributed by atoms with Crippen molar-refractivity contribution >= 4 is 60.7 Å².